The lowest BCUT2D eigenvalue weighted by Gasteiger charge is -2.17. The molecule has 0 radical (unpaired) electrons. The number of nitrogens with zero attached hydrogens (tertiary/aromatic N) is 3. The standard InChI is InChI=1S/C14H13Cl2N5O2.H2O4S/c1-20(2)3-4-21-10-6-8(16)7(15)5-9(10)17-11-12(21)18-14(23)19-13(11)22;1-5(2,3)4/h5-6H,3-4H2,1-2H3,(H,19,22,23);(H2,1,2,3,4). The molecule has 3 rings (SSSR count). The Balaban J connectivity index is 0.000000500. The van der Waals surface area contributed by atoms with Crippen molar-refractivity contribution in [2.24, 2.45) is 0 Å². The predicted molar refractivity (Wildman–Crippen MR) is 101 cm³/mol. The minimum absolute atomic E-state index is 0.101. The molecule has 2 aliphatic heterocycles. The molecule has 11 nitrogen and oxygen atoms in total. The summed E-state index contributed by atoms with van der Waals surface area (Å²) in [5.41, 5.74) is 0.0232. The van der Waals surface area contributed by atoms with Crippen molar-refractivity contribution in [3.63, 3.8) is 0 Å². The van der Waals surface area contributed by atoms with Gasteiger partial charge in [-0.2, -0.15) is 4.98 Å². The zero-order valence-electron chi connectivity index (χ0n) is 14.6. The fraction of sp³-hybridized carbons (Fsp3) is 0.286. The Hall–Kier alpha value is -2.09. The maximum Gasteiger partial charge on any atom is 0.349 e. The maximum absolute atomic E-state index is 12.0. The first-order valence-electron chi connectivity index (χ1n) is 7.63. The molecule has 0 aliphatic carbocycles. The Bertz CT molecular complexity index is 1200. The Kier molecular flexibility index (Phi) is 6.75. The normalized spacial score (nSPS) is 11.7. The zero-order chi connectivity index (χ0) is 21.2. The number of aromatic amines is 1. The molecule has 0 saturated heterocycles. The molecular weight excluding hydrogens is 437 g/mol. The largest absolute Gasteiger partial charge is 0.726 e. The van der Waals surface area contributed by atoms with Crippen molar-refractivity contribution in [2.75, 3.05) is 20.6 Å². The van der Waals surface area contributed by atoms with E-state index in [1.807, 2.05) is 14.1 Å². The summed E-state index contributed by atoms with van der Waals surface area (Å²) in [5, 5.41) is 0.721. The second-order valence-electron chi connectivity index (χ2n) is 5.95. The number of fused-ring (bicyclic) bond motifs is 2. The average Bonchev–Trinajstić information content (AvgIpc) is 2.52. The number of quaternary nitrogens is 1. The van der Waals surface area contributed by atoms with Crippen molar-refractivity contribution in [3.05, 3.63) is 43.0 Å². The first-order valence-corrected chi connectivity index (χ1v) is 9.76. The molecule has 0 atom stereocenters. The molecule has 3 N–H and O–H groups in total. The number of nitrogens with one attached hydrogen (secondary N) is 2. The summed E-state index contributed by atoms with van der Waals surface area (Å²) in [6.07, 6.45) is 0. The Labute approximate surface area is 168 Å². The van der Waals surface area contributed by atoms with E-state index in [2.05, 4.69) is 15.0 Å². The van der Waals surface area contributed by atoms with Crippen molar-refractivity contribution in [1.29, 1.82) is 0 Å². The van der Waals surface area contributed by atoms with Gasteiger partial charge in [-0.05, 0) is 12.1 Å². The van der Waals surface area contributed by atoms with Crippen LogP contribution in [0.5, 0.6) is 0 Å². The molecule has 0 fully saturated rings. The van der Waals surface area contributed by atoms with Crippen LogP contribution in [0, 0.1) is 0 Å². The van der Waals surface area contributed by atoms with Gasteiger partial charge in [0.1, 0.15) is 0 Å². The van der Waals surface area contributed by atoms with E-state index in [0.717, 1.165) is 6.54 Å². The number of benzene rings is 1. The van der Waals surface area contributed by atoms with E-state index in [9.17, 15) is 9.59 Å². The van der Waals surface area contributed by atoms with Crippen molar-refractivity contribution < 1.29 is 22.4 Å². The van der Waals surface area contributed by atoms with Crippen LogP contribution in [0.3, 0.4) is 0 Å². The van der Waals surface area contributed by atoms with Gasteiger partial charge in [0.2, 0.25) is 10.4 Å². The van der Waals surface area contributed by atoms with Crippen LogP contribution in [0.15, 0.2) is 21.7 Å². The molecule has 28 heavy (non-hydrogen) atoms. The Morgan fingerprint density at radius 2 is 1.79 bits per heavy atom. The van der Waals surface area contributed by atoms with Crippen LogP contribution in [0.4, 0.5) is 0 Å². The van der Waals surface area contributed by atoms with Gasteiger partial charge in [-0.25, -0.2) is 18.2 Å². The third-order valence-corrected chi connectivity index (χ3v) is 4.21. The van der Waals surface area contributed by atoms with Gasteiger partial charge in [-0.15, -0.1) is 0 Å². The SMILES string of the molecule is C[NH+](C)CCn1c2nc(=O)[nH]c(=O)c-2nc2cc(Cl)c(Cl)cc21.O=S(=O)([O-])O. The number of aromatic nitrogens is 4. The van der Waals surface area contributed by atoms with E-state index in [-0.39, 0.29) is 11.5 Å². The van der Waals surface area contributed by atoms with E-state index in [1.54, 1.807) is 16.7 Å². The molecule has 2 aliphatic rings. The maximum atomic E-state index is 12.0. The summed E-state index contributed by atoms with van der Waals surface area (Å²) in [4.78, 5) is 35.2. The summed E-state index contributed by atoms with van der Waals surface area (Å²) >= 11 is 12.2. The van der Waals surface area contributed by atoms with Crippen molar-refractivity contribution in [3.8, 4) is 11.5 Å². The van der Waals surface area contributed by atoms with Crippen LogP contribution in [0.25, 0.3) is 22.6 Å². The Morgan fingerprint density at radius 3 is 2.36 bits per heavy atom. The molecule has 152 valence electrons. The summed E-state index contributed by atoms with van der Waals surface area (Å²) in [5.74, 6) is 0.242. The number of halogens is 2. The van der Waals surface area contributed by atoms with Gasteiger partial charge in [0, 0.05) is 0 Å². The Morgan fingerprint density at radius 1 is 1.21 bits per heavy atom. The molecule has 0 bridgehead atoms. The summed E-state index contributed by atoms with van der Waals surface area (Å²) in [6, 6.07) is 3.27. The summed E-state index contributed by atoms with van der Waals surface area (Å²) in [7, 11) is -0.898. The van der Waals surface area contributed by atoms with Crippen LogP contribution in [0.2, 0.25) is 10.0 Å². The highest BCUT2D eigenvalue weighted by atomic mass is 35.5. The van der Waals surface area contributed by atoms with E-state index >= 15 is 0 Å². The smallest absolute Gasteiger partial charge is 0.349 e. The monoisotopic (exact) mass is 451 g/mol. The quantitative estimate of drug-likeness (QED) is 0.260. The van der Waals surface area contributed by atoms with Crippen LogP contribution < -0.4 is 16.1 Å². The molecule has 0 unspecified atom stereocenters. The highest BCUT2D eigenvalue weighted by molar-refractivity contribution is 7.79. The van der Waals surface area contributed by atoms with E-state index < -0.39 is 21.6 Å². The van der Waals surface area contributed by atoms with Gasteiger partial charge in [-0.1, -0.05) is 23.2 Å². The molecule has 2 heterocycles. The lowest BCUT2D eigenvalue weighted by atomic mass is 10.2. The van der Waals surface area contributed by atoms with Gasteiger partial charge in [-0.3, -0.25) is 14.3 Å². The minimum Gasteiger partial charge on any atom is -0.726 e. The first kappa shape index (κ1) is 22.2. The number of H-pyrrole nitrogens is 1. The third kappa shape index (κ3) is 5.70. The van der Waals surface area contributed by atoms with Gasteiger partial charge >= 0.3 is 5.69 Å². The second kappa shape index (κ2) is 8.51. The zero-order valence-corrected chi connectivity index (χ0v) is 16.9. The highest BCUT2D eigenvalue weighted by Gasteiger charge is 2.20. The summed E-state index contributed by atoms with van der Waals surface area (Å²) in [6.45, 7) is 1.31. The van der Waals surface area contributed by atoms with Crippen molar-refractivity contribution >= 4 is 44.6 Å². The second-order valence-corrected chi connectivity index (χ2v) is 7.62. The number of hydrogen-bond donors (Lipinski definition) is 3. The van der Waals surface area contributed by atoms with E-state index in [0.29, 0.717) is 27.6 Å². The van der Waals surface area contributed by atoms with Crippen LogP contribution in [0.1, 0.15) is 0 Å². The van der Waals surface area contributed by atoms with E-state index in [4.69, 9.17) is 40.7 Å². The van der Waals surface area contributed by atoms with Crippen LogP contribution in [-0.4, -0.2) is 57.7 Å². The molecular formula is C14H15Cl2N5O6S. The molecule has 0 spiro atoms. The van der Waals surface area contributed by atoms with E-state index in [1.165, 1.54) is 4.90 Å². The predicted octanol–water partition coefficient (Wildman–Crippen LogP) is -0.959. The topological polar surface area (TPSA) is 163 Å². The van der Waals surface area contributed by atoms with Gasteiger partial charge in [0.15, 0.2) is 11.5 Å². The minimum atomic E-state index is -4.92. The molecule has 0 saturated carbocycles. The lowest BCUT2D eigenvalue weighted by Crippen LogP contribution is -3.06. The molecule has 0 aromatic heterocycles. The molecule has 1 aromatic carbocycles. The molecule has 1 aromatic rings. The number of hydrogen-bond acceptors (Lipinski definition) is 7. The first-order chi connectivity index (χ1) is 12.9. The highest BCUT2D eigenvalue weighted by Crippen LogP contribution is 2.29. The van der Waals surface area contributed by atoms with Gasteiger partial charge in [0.05, 0.1) is 48.3 Å². The van der Waals surface area contributed by atoms with Crippen molar-refractivity contribution in [2.45, 2.75) is 6.54 Å². The lowest BCUT2D eigenvalue weighted by molar-refractivity contribution is -0.858. The average molecular weight is 452 g/mol. The van der Waals surface area contributed by atoms with Crippen LogP contribution in [-0.2, 0) is 16.9 Å². The fourth-order valence-electron chi connectivity index (χ4n) is 2.35. The van der Waals surface area contributed by atoms with Crippen molar-refractivity contribution in [1.82, 2.24) is 19.5 Å². The van der Waals surface area contributed by atoms with Gasteiger partial charge in [0.25, 0.3) is 5.56 Å². The van der Waals surface area contributed by atoms with Crippen LogP contribution >= 0.6 is 23.2 Å². The molecule has 14 heteroatoms. The third-order valence-electron chi connectivity index (χ3n) is 3.49. The fourth-order valence-corrected chi connectivity index (χ4v) is 2.67. The number of likely N-dealkylation sites (N-methyl/N-ethyl adjacent to an activating group) is 1. The summed E-state index contributed by atoms with van der Waals surface area (Å²) < 4.78 is 34.6. The number of rotatable bonds is 3. The van der Waals surface area contributed by atoms with Gasteiger partial charge < -0.3 is 14.0 Å². The molecule has 0 amide bonds.